The molecule has 3 nitrogen and oxygen atoms in total. The van der Waals surface area contributed by atoms with Gasteiger partial charge in [0.2, 0.25) is 0 Å². The van der Waals surface area contributed by atoms with E-state index in [0.29, 0.717) is 11.3 Å². The number of anilines is 1. The van der Waals surface area contributed by atoms with Gasteiger partial charge in [-0.1, -0.05) is 6.07 Å². The summed E-state index contributed by atoms with van der Waals surface area (Å²) in [6.07, 6.45) is 0. The third kappa shape index (κ3) is 3.13. The third-order valence-corrected chi connectivity index (χ3v) is 3.89. The lowest BCUT2D eigenvalue weighted by atomic mass is 10.2. The fraction of sp³-hybridized carbons (Fsp3) is 0. The molecule has 3 rings (SSSR count). The Balaban J connectivity index is 1.82. The number of rotatable bonds is 3. The Morgan fingerprint density at radius 2 is 1.79 bits per heavy atom. The molecule has 0 spiro atoms. The first-order valence-electron chi connectivity index (χ1n) is 6.62. The summed E-state index contributed by atoms with van der Waals surface area (Å²) in [6.45, 7) is 0. The summed E-state index contributed by atoms with van der Waals surface area (Å²) >= 11 is 1.01. The molecule has 122 valence electrons. The number of aromatic nitrogens is 1. The monoisotopic (exact) mass is 352 g/mol. The van der Waals surface area contributed by atoms with Crippen molar-refractivity contribution in [3.63, 3.8) is 0 Å². The maximum Gasteiger partial charge on any atom is 0.260 e. The number of amides is 1. The normalized spacial score (nSPS) is 10.7. The first-order chi connectivity index (χ1) is 11.5. The van der Waals surface area contributed by atoms with Crippen molar-refractivity contribution in [3.05, 3.63) is 70.6 Å². The van der Waals surface area contributed by atoms with Crippen molar-refractivity contribution < 1.29 is 22.4 Å². The maximum atomic E-state index is 13.6. The summed E-state index contributed by atoms with van der Waals surface area (Å²) in [7, 11) is 0. The van der Waals surface area contributed by atoms with Crippen LogP contribution in [0.1, 0.15) is 10.4 Å². The largest absolute Gasteiger partial charge is 0.298 e. The van der Waals surface area contributed by atoms with Crippen molar-refractivity contribution >= 4 is 22.4 Å². The molecular formula is C16H8F4N2OS. The van der Waals surface area contributed by atoms with E-state index in [4.69, 9.17) is 0 Å². The van der Waals surface area contributed by atoms with E-state index in [2.05, 4.69) is 10.3 Å². The molecule has 0 saturated carbocycles. The van der Waals surface area contributed by atoms with Gasteiger partial charge in [0.15, 0.2) is 28.4 Å². The van der Waals surface area contributed by atoms with Gasteiger partial charge in [0.05, 0.1) is 11.3 Å². The van der Waals surface area contributed by atoms with Gasteiger partial charge in [0.25, 0.3) is 5.91 Å². The molecule has 0 aliphatic carbocycles. The van der Waals surface area contributed by atoms with Crippen molar-refractivity contribution in [2.75, 3.05) is 5.32 Å². The number of hydrogen-bond donors (Lipinski definition) is 1. The van der Waals surface area contributed by atoms with E-state index in [1.807, 2.05) is 0 Å². The van der Waals surface area contributed by atoms with Gasteiger partial charge in [-0.25, -0.2) is 22.5 Å². The van der Waals surface area contributed by atoms with Crippen LogP contribution in [0, 0.1) is 23.3 Å². The number of benzene rings is 2. The first kappa shape index (κ1) is 16.1. The van der Waals surface area contributed by atoms with Gasteiger partial charge in [0.1, 0.15) is 0 Å². The highest BCUT2D eigenvalue weighted by atomic mass is 32.1. The fourth-order valence-electron chi connectivity index (χ4n) is 1.96. The summed E-state index contributed by atoms with van der Waals surface area (Å²) in [6, 6.07) is 6.52. The van der Waals surface area contributed by atoms with E-state index in [9.17, 15) is 22.4 Å². The van der Waals surface area contributed by atoms with Crippen LogP contribution < -0.4 is 5.32 Å². The molecule has 0 atom stereocenters. The van der Waals surface area contributed by atoms with Gasteiger partial charge in [-0.15, -0.1) is 11.3 Å². The number of halogens is 4. The number of carbonyl (C=O) groups excluding carboxylic acids is 1. The predicted octanol–water partition coefficient (Wildman–Crippen LogP) is 4.62. The van der Waals surface area contributed by atoms with Crippen LogP contribution in [0.3, 0.4) is 0 Å². The summed E-state index contributed by atoms with van der Waals surface area (Å²) < 4.78 is 52.9. The highest BCUT2D eigenvalue weighted by Crippen LogP contribution is 2.26. The molecule has 24 heavy (non-hydrogen) atoms. The summed E-state index contributed by atoms with van der Waals surface area (Å²) in [5, 5.41) is 3.97. The quantitative estimate of drug-likeness (QED) is 0.699. The third-order valence-electron chi connectivity index (χ3n) is 3.14. The lowest BCUT2D eigenvalue weighted by Gasteiger charge is -2.03. The summed E-state index contributed by atoms with van der Waals surface area (Å²) in [5.74, 6) is -5.26. The van der Waals surface area contributed by atoms with Crippen LogP contribution >= 0.6 is 11.3 Å². The smallest absolute Gasteiger partial charge is 0.260 e. The van der Waals surface area contributed by atoms with E-state index < -0.39 is 34.7 Å². The molecule has 1 N–H and O–H groups in total. The molecule has 1 amide bonds. The van der Waals surface area contributed by atoms with Gasteiger partial charge >= 0.3 is 0 Å². The van der Waals surface area contributed by atoms with Crippen LogP contribution in [0.4, 0.5) is 22.7 Å². The molecule has 0 unspecified atom stereocenters. The van der Waals surface area contributed by atoms with E-state index in [1.165, 1.54) is 17.5 Å². The highest BCUT2D eigenvalue weighted by molar-refractivity contribution is 7.14. The number of thiazole rings is 1. The number of carbonyl (C=O) groups is 1. The van der Waals surface area contributed by atoms with E-state index in [1.54, 1.807) is 0 Å². The minimum absolute atomic E-state index is 0.114. The van der Waals surface area contributed by atoms with Crippen LogP contribution in [0.2, 0.25) is 0 Å². The van der Waals surface area contributed by atoms with Crippen LogP contribution in [0.25, 0.3) is 11.3 Å². The highest BCUT2D eigenvalue weighted by Gasteiger charge is 2.17. The van der Waals surface area contributed by atoms with Crippen molar-refractivity contribution in [2.45, 2.75) is 0 Å². The summed E-state index contributed by atoms with van der Waals surface area (Å²) in [4.78, 5) is 16.0. The molecule has 0 aliphatic rings. The van der Waals surface area contributed by atoms with E-state index >= 15 is 0 Å². The molecule has 0 bridgehead atoms. The summed E-state index contributed by atoms with van der Waals surface area (Å²) in [5.41, 5.74) is 0.177. The molecule has 1 aromatic heterocycles. The zero-order chi connectivity index (χ0) is 17.3. The molecule has 0 aliphatic heterocycles. The van der Waals surface area contributed by atoms with Crippen molar-refractivity contribution in [1.29, 1.82) is 0 Å². The zero-order valence-corrected chi connectivity index (χ0v) is 12.6. The van der Waals surface area contributed by atoms with Crippen LogP contribution in [0.15, 0.2) is 41.8 Å². The standard InChI is InChI=1S/C16H8F4N2OS/c17-10-5-4-8(6-12(10)19)13-7-24-16(21-13)22-15(23)9-2-1-3-11(18)14(9)20/h1-7H,(H,21,22,23). The van der Waals surface area contributed by atoms with Crippen LogP contribution in [0.5, 0.6) is 0 Å². The topological polar surface area (TPSA) is 42.0 Å². The second-order valence-corrected chi connectivity index (χ2v) is 5.58. The van der Waals surface area contributed by atoms with Crippen molar-refractivity contribution in [1.82, 2.24) is 4.98 Å². The molecule has 3 aromatic rings. The van der Waals surface area contributed by atoms with E-state index in [-0.39, 0.29) is 5.13 Å². The molecule has 1 heterocycles. The Labute approximate surface area is 137 Å². The Kier molecular flexibility index (Phi) is 4.30. The van der Waals surface area contributed by atoms with Gasteiger partial charge in [-0.05, 0) is 30.3 Å². The number of nitrogens with one attached hydrogen (secondary N) is 1. The molecule has 0 fully saturated rings. The lowest BCUT2D eigenvalue weighted by molar-refractivity contribution is 0.102. The second-order valence-electron chi connectivity index (χ2n) is 4.72. The number of nitrogens with zero attached hydrogens (tertiary/aromatic N) is 1. The average molecular weight is 352 g/mol. The predicted molar refractivity (Wildman–Crippen MR) is 81.8 cm³/mol. The number of hydrogen-bond acceptors (Lipinski definition) is 3. The first-order valence-corrected chi connectivity index (χ1v) is 7.50. The Morgan fingerprint density at radius 1 is 1.00 bits per heavy atom. The van der Waals surface area contributed by atoms with Crippen molar-refractivity contribution in [2.24, 2.45) is 0 Å². The van der Waals surface area contributed by atoms with Gasteiger partial charge < -0.3 is 0 Å². The van der Waals surface area contributed by atoms with Gasteiger partial charge in [-0.3, -0.25) is 10.1 Å². The fourth-order valence-corrected chi connectivity index (χ4v) is 2.68. The zero-order valence-electron chi connectivity index (χ0n) is 11.8. The van der Waals surface area contributed by atoms with Gasteiger partial charge in [0, 0.05) is 10.9 Å². The molecular weight excluding hydrogens is 344 g/mol. The molecule has 2 aromatic carbocycles. The Hall–Kier alpha value is -2.74. The van der Waals surface area contributed by atoms with E-state index in [0.717, 1.165) is 35.6 Å². The Bertz CT molecular complexity index is 926. The molecule has 8 heteroatoms. The minimum atomic E-state index is -1.26. The SMILES string of the molecule is O=C(Nc1nc(-c2ccc(F)c(F)c2)cs1)c1cccc(F)c1F. The average Bonchev–Trinajstić information content (AvgIpc) is 3.01. The van der Waals surface area contributed by atoms with Crippen molar-refractivity contribution in [3.8, 4) is 11.3 Å². The van der Waals surface area contributed by atoms with Gasteiger partial charge in [-0.2, -0.15) is 0 Å². The minimum Gasteiger partial charge on any atom is -0.298 e. The molecule has 0 saturated heterocycles. The van der Waals surface area contributed by atoms with Crippen LogP contribution in [-0.4, -0.2) is 10.9 Å². The lowest BCUT2D eigenvalue weighted by Crippen LogP contribution is -2.14. The van der Waals surface area contributed by atoms with Crippen LogP contribution in [-0.2, 0) is 0 Å². The Morgan fingerprint density at radius 3 is 2.54 bits per heavy atom. The second kappa shape index (κ2) is 6.40. The maximum absolute atomic E-state index is 13.6. The molecule has 0 radical (unpaired) electrons.